The van der Waals surface area contributed by atoms with Crippen LogP contribution in [-0.4, -0.2) is 44.3 Å². The van der Waals surface area contributed by atoms with Gasteiger partial charge in [0.1, 0.15) is 0 Å². The highest BCUT2D eigenvalue weighted by molar-refractivity contribution is 6.36. The van der Waals surface area contributed by atoms with Gasteiger partial charge < -0.3 is 20.9 Å². The first kappa shape index (κ1) is 16.3. The zero-order valence-corrected chi connectivity index (χ0v) is 14.9. The molecule has 4 atom stereocenters. The second-order valence-corrected chi connectivity index (χ2v) is 7.85. The number of carbonyl (C=O) groups is 1. The minimum Gasteiger partial charge on any atom is -0.368 e. The van der Waals surface area contributed by atoms with Crippen molar-refractivity contribution in [1.82, 2.24) is 16.0 Å². The summed E-state index contributed by atoms with van der Waals surface area (Å²) in [5.74, 6) is 1.26. The molecule has 3 aliphatic rings. The molecule has 1 aliphatic carbocycles. The highest BCUT2D eigenvalue weighted by atomic mass is 35.5. The van der Waals surface area contributed by atoms with Crippen molar-refractivity contribution in [2.45, 2.75) is 24.9 Å². The van der Waals surface area contributed by atoms with E-state index in [4.69, 9.17) is 23.2 Å². The van der Waals surface area contributed by atoms with Crippen LogP contribution in [0.5, 0.6) is 0 Å². The molecule has 1 aromatic rings. The highest BCUT2D eigenvalue weighted by Gasteiger charge is 2.53. The van der Waals surface area contributed by atoms with Crippen molar-refractivity contribution < 1.29 is 4.79 Å². The van der Waals surface area contributed by atoms with E-state index in [1.807, 2.05) is 12.1 Å². The number of rotatable bonds is 3. The number of piperidine rings is 2. The van der Waals surface area contributed by atoms with Crippen molar-refractivity contribution in [3.8, 4) is 0 Å². The van der Waals surface area contributed by atoms with E-state index < -0.39 is 0 Å². The van der Waals surface area contributed by atoms with Gasteiger partial charge in [-0.2, -0.15) is 0 Å². The maximum Gasteiger partial charge on any atom is 0.315 e. The van der Waals surface area contributed by atoms with Gasteiger partial charge in [0.2, 0.25) is 0 Å². The number of benzene rings is 1. The fraction of sp³-hybridized carbons (Fsp3) is 0.588. The van der Waals surface area contributed by atoms with Gasteiger partial charge in [-0.15, -0.1) is 0 Å². The Kier molecular flexibility index (Phi) is 4.50. The molecule has 7 heteroatoms. The van der Waals surface area contributed by atoms with Gasteiger partial charge in [0, 0.05) is 43.3 Å². The van der Waals surface area contributed by atoms with Gasteiger partial charge >= 0.3 is 6.03 Å². The molecular weight excluding hydrogens is 347 g/mol. The number of hydrogen-bond acceptors (Lipinski definition) is 3. The molecule has 3 N–H and O–H groups in total. The second-order valence-electron chi connectivity index (χ2n) is 7.01. The third kappa shape index (κ3) is 3.30. The third-order valence-corrected chi connectivity index (χ3v) is 5.93. The number of urea groups is 1. The zero-order chi connectivity index (χ0) is 16.7. The van der Waals surface area contributed by atoms with Gasteiger partial charge in [-0.1, -0.05) is 23.2 Å². The van der Waals surface area contributed by atoms with Crippen LogP contribution in [0, 0.1) is 11.8 Å². The van der Waals surface area contributed by atoms with Crippen LogP contribution in [0.3, 0.4) is 0 Å². The van der Waals surface area contributed by atoms with E-state index in [1.165, 1.54) is 0 Å². The fourth-order valence-electron chi connectivity index (χ4n) is 4.06. The number of nitrogens with one attached hydrogen (secondary N) is 3. The van der Waals surface area contributed by atoms with Crippen LogP contribution in [-0.2, 0) is 0 Å². The first-order valence-electron chi connectivity index (χ1n) is 8.59. The molecule has 0 aromatic heterocycles. The van der Waals surface area contributed by atoms with Crippen molar-refractivity contribution in [2.75, 3.05) is 31.1 Å². The van der Waals surface area contributed by atoms with Crippen LogP contribution in [0.25, 0.3) is 0 Å². The number of halogens is 2. The second kappa shape index (κ2) is 6.62. The van der Waals surface area contributed by atoms with Crippen LogP contribution < -0.4 is 20.9 Å². The summed E-state index contributed by atoms with van der Waals surface area (Å²) in [6, 6.07) is 6.03. The first-order valence-corrected chi connectivity index (χ1v) is 9.35. The van der Waals surface area contributed by atoms with E-state index in [9.17, 15) is 4.79 Å². The Hall–Kier alpha value is -1.17. The number of nitrogens with zero attached hydrogens (tertiary/aromatic N) is 1. The van der Waals surface area contributed by atoms with Crippen LogP contribution in [0.2, 0.25) is 10.0 Å². The molecule has 0 bridgehead atoms. The Morgan fingerprint density at radius 2 is 2.00 bits per heavy atom. The molecule has 0 spiro atoms. The smallest absolute Gasteiger partial charge is 0.315 e. The lowest BCUT2D eigenvalue weighted by Gasteiger charge is -2.35. The predicted molar refractivity (Wildman–Crippen MR) is 97.0 cm³/mol. The quantitative estimate of drug-likeness (QED) is 0.767. The average Bonchev–Trinajstić information content (AvgIpc) is 2.97. The lowest BCUT2D eigenvalue weighted by Crippen LogP contribution is -2.51. The highest BCUT2D eigenvalue weighted by Crippen LogP contribution is 2.41. The molecule has 2 amide bonds. The SMILES string of the molecule is O=C(NC1CCCN(c2ccc(Cl)cc2Cl)C1)NC1[C@H]2CNC[C@@H]12. The van der Waals surface area contributed by atoms with Crippen LogP contribution in [0.15, 0.2) is 18.2 Å². The summed E-state index contributed by atoms with van der Waals surface area (Å²) < 4.78 is 0. The van der Waals surface area contributed by atoms with E-state index >= 15 is 0 Å². The lowest BCUT2D eigenvalue weighted by atomic mass is 10.0. The minimum absolute atomic E-state index is 0.0385. The Morgan fingerprint density at radius 3 is 2.75 bits per heavy atom. The summed E-state index contributed by atoms with van der Waals surface area (Å²) in [4.78, 5) is 14.5. The minimum atomic E-state index is -0.0385. The number of anilines is 1. The van der Waals surface area contributed by atoms with Gasteiger partial charge in [0.15, 0.2) is 0 Å². The number of amides is 2. The summed E-state index contributed by atoms with van der Waals surface area (Å²) in [6.45, 7) is 3.78. The van der Waals surface area contributed by atoms with E-state index in [-0.39, 0.29) is 12.1 Å². The number of fused-ring (bicyclic) bond motifs is 1. The molecule has 24 heavy (non-hydrogen) atoms. The van der Waals surface area contributed by atoms with E-state index in [2.05, 4.69) is 20.9 Å². The number of hydrogen-bond donors (Lipinski definition) is 3. The Balaban J connectivity index is 1.32. The summed E-state index contributed by atoms with van der Waals surface area (Å²) in [7, 11) is 0. The standard InChI is InChI=1S/C17H22Cl2N4O/c18-10-3-4-15(14(19)6-10)23-5-1-2-11(9-23)21-17(24)22-16-12-7-20-8-13(12)16/h3-4,6,11-13,16,20H,1-2,5,7-9H2,(H2,21,22,24)/t11?,12-,13+,16?. The molecule has 4 rings (SSSR count). The average molecular weight is 369 g/mol. The number of carbonyl (C=O) groups excluding carboxylic acids is 1. The zero-order valence-electron chi connectivity index (χ0n) is 13.4. The first-order chi connectivity index (χ1) is 11.6. The summed E-state index contributed by atoms with van der Waals surface area (Å²) >= 11 is 12.3. The largest absolute Gasteiger partial charge is 0.368 e. The summed E-state index contributed by atoms with van der Waals surface area (Å²) in [6.07, 6.45) is 2.02. The molecule has 2 saturated heterocycles. The molecule has 2 heterocycles. The van der Waals surface area contributed by atoms with E-state index in [1.54, 1.807) is 6.07 Å². The summed E-state index contributed by atoms with van der Waals surface area (Å²) in [5.41, 5.74) is 0.982. The maximum atomic E-state index is 12.2. The summed E-state index contributed by atoms with van der Waals surface area (Å²) in [5, 5.41) is 10.9. The normalized spacial score (nSPS) is 31.5. The van der Waals surface area contributed by atoms with Gasteiger partial charge in [-0.05, 0) is 42.9 Å². The third-order valence-electron chi connectivity index (χ3n) is 5.40. The molecule has 2 unspecified atom stereocenters. The van der Waals surface area contributed by atoms with Crippen molar-refractivity contribution in [3.63, 3.8) is 0 Å². The topological polar surface area (TPSA) is 56.4 Å². The van der Waals surface area contributed by atoms with Crippen molar-refractivity contribution >= 4 is 34.9 Å². The molecule has 3 fully saturated rings. The van der Waals surface area contributed by atoms with Crippen molar-refractivity contribution in [1.29, 1.82) is 0 Å². The fourth-order valence-corrected chi connectivity index (χ4v) is 4.59. The Bertz CT molecular complexity index is 631. The van der Waals surface area contributed by atoms with Gasteiger partial charge in [0.25, 0.3) is 0 Å². The lowest BCUT2D eigenvalue weighted by molar-refractivity contribution is 0.233. The molecule has 5 nitrogen and oxygen atoms in total. The van der Waals surface area contributed by atoms with E-state index in [0.717, 1.165) is 44.7 Å². The monoisotopic (exact) mass is 368 g/mol. The maximum absolute atomic E-state index is 12.2. The van der Waals surface area contributed by atoms with Crippen molar-refractivity contribution in [3.05, 3.63) is 28.2 Å². The molecule has 0 radical (unpaired) electrons. The van der Waals surface area contributed by atoms with Crippen LogP contribution in [0.4, 0.5) is 10.5 Å². The van der Waals surface area contributed by atoms with Gasteiger partial charge in [-0.3, -0.25) is 0 Å². The molecule has 1 aromatic carbocycles. The molecule has 1 saturated carbocycles. The molecule has 2 aliphatic heterocycles. The predicted octanol–water partition coefficient (Wildman–Crippen LogP) is 2.48. The van der Waals surface area contributed by atoms with Gasteiger partial charge in [-0.25, -0.2) is 4.79 Å². The van der Waals surface area contributed by atoms with Crippen LogP contribution >= 0.6 is 23.2 Å². The van der Waals surface area contributed by atoms with Crippen molar-refractivity contribution in [2.24, 2.45) is 11.8 Å². The Morgan fingerprint density at radius 1 is 1.21 bits per heavy atom. The van der Waals surface area contributed by atoms with Gasteiger partial charge in [0.05, 0.1) is 10.7 Å². The van der Waals surface area contributed by atoms with Crippen LogP contribution in [0.1, 0.15) is 12.8 Å². The Labute approximate surface area is 152 Å². The van der Waals surface area contributed by atoms with E-state index in [0.29, 0.717) is 27.9 Å². The molecule has 130 valence electrons. The molecular formula is C17H22Cl2N4O.